The molecule has 1 aliphatic rings. The Labute approximate surface area is 120 Å². The molecular weight excluding hydrogens is 254 g/mol. The quantitative estimate of drug-likeness (QED) is 0.868. The van der Waals surface area contributed by atoms with Crippen LogP contribution in [0.15, 0.2) is 12.4 Å². The van der Waals surface area contributed by atoms with Crippen LogP contribution < -0.4 is 5.73 Å². The van der Waals surface area contributed by atoms with Gasteiger partial charge in [-0.1, -0.05) is 25.5 Å². The first kappa shape index (κ1) is 15.0. The van der Waals surface area contributed by atoms with Crippen LogP contribution in [0.2, 0.25) is 0 Å². The van der Waals surface area contributed by atoms with Gasteiger partial charge in [-0.25, -0.2) is 0 Å². The zero-order valence-corrected chi connectivity index (χ0v) is 12.4. The number of amides is 1. The Balaban J connectivity index is 1.91. The number of likely N-dealkylation sites (tertiary alicyclic amines) is 1. The first-order valence-corrected chi connectivity index (χ1v) is 7.50. The van der Waals surface area contributed by atoms with Gasteiger partial charge in [0, 0.05) is 25.8 Å². The first-order chi connectivity index (χ1) is 9.61. The van der Waals surface area contributed by atoms with Crippen molar-refractivity contribution in [3.05, 3.63) is 12.4 Å². The maximum absolute atomic E-state index is 12.4. The molecule has 20 heavy (non-hydrogen) atoms. The van der Waals surface area contributed by atoms with Crippen molar-refractivity contribution in [2.45, 2.75) is 45.7 Å². The van der Waals surface area contributed by atoms with Crippen LogP contribution in [0.4, 0.5) is 0 Å². The van der Waals surface area contributed by atoms with Crippen molar-refractivity contribution in [3.8, 4) is 0 Å². The average Bonchev–Trinajstić information content (AvgIpc) is 2.98. The zero-order valence-electron chi connectivity index (χ0n) is 12.4. The van der Waals surface area contributed by atoms with Gasteiger partial charge in [0.1, 0.15) is 0 Å². The van der Waals surface area contributed by atoms with Gasteiger partial charge in [-0.2, -0.15) is 0 Å². The second-order valence-electron chi connectivity index (χ2n) is 5.83. The molecule has 2 rings (SSSR count). The maximum atomic E-state index is 12.4. The van der Waals surface area contributed by atoms with Crippen molar-refractivity contribution in [3.63, 3.8) is 0 Å². The van der Waals surface area contributed by atoms with Crippen LogP contribution >= 0.6 is 0 Å². The Morgan fingerprint density at radius 2 is 2.35 bits per heavy atom. The van der Waals surface area contributed by atoms with Crippen LogP contribution in [0.1, 0.15) is 33.1 Å². The molecule has 0 spiro atoms. The third-order valence-electron chi connectivity index (χ3n) is 4.29. The first-order valence-electron chi connectivity index (χ1n) is 7.50. The molecule has 112 valence electrons. The van der Waals surface area contributed by atoms with E-state index in [1.807, 2.05) is 22.7 Å². The number of piperidine rings is 1. The normalized spacial score (nSPS) is 22.6. The lowest BCUT2D eigenvalue weighted by molar-refractivity contribution is -0.135. The molecule has 1 aromatic heterocycles. The topological polar surface area (TPSA) is 77.0 Å². The molecule has 1 saturated heterocycles. The summed E-state index contributed by atoms with van der Waals surface area (Å²) in [6, 6.07) is -0.370. The fraction of sp³-hybridized carbons (Fsp3) is 0.786. The molecule has 0 aromatic carbocycles. The summed E-state index contributed by atoms with van der Waals surface area (Å²) in [5.74, 6) is 0.777. The van der Waals surface area contributed by atoms with E-state index in [0.717, 1.165) is 38.9 Å². The number of carbonyl (C=O) groups excluding carboxylic acids is 1. The molecule has 1 aliphatic heterocycles. The van der Waals surface area contributed by atoms with Gasteiger partial charge in [0.2, 0.25) is 5.91 Å². The minimum absolute atomic E-state index is 0.0997. The van der Waals surface area contributed by atoms with Crippen molar-refractivity contribution >= 4 is 5.91 Å². The minimum Gasteiger partial charge on any atom is -0.341 e. The molecular formula is C14H25N5O. The molecule has 1 aromatic rings. The van der Waals surface area contributed by atoms with Crippen molar-refractivity contribution < 1.29 is 4.79 Å². The molecule has 2 N–H and O–H groups in total. The summed E-state index contributed by atoms with van der Waals surface area (Å²) in [6.45, 7) is 6.54. The number of nitrogens with two attached hydrogens (primary N) is 1. The number of aromatic nitrogens is 3. The van der Waals surface area contributed by atoms with Gasteiger partial charge in [-0.15, -0.1) is 5.10 Å². The summed E-state index contributed by atoms with van der Waals surface area (Å²) >= 11 is 0. The monoisotopic (exact) mass is 279 g/mol. The highest BCUT2D eigenvalue weighted by Crippen LogP contribution is 2.20. The van der Waals surface area contributed by atoms with Gasteiger partial charge in [0.25, 0.3) is 0 Å². The fourth-order valence-corrected chi connectivity index (χ4v) is 2.72. The average molecular weight is 279 g/mol. The Morgan fingerprint density at radius 3 is 3.00 bits per heavy atom. The Bertz CT molecular complexity index is 419. The molecule has 0 saturated carbocycles. The summed E-state index contributed by atoms with van der Waals surface area (Å²) in [5, 5.41) is 7.81. The predicted molar refractivity (Wildman–Crippen MR) is 76.8 cm³/mol. The standard InChI is InChI=1S/C14H25N5O/c1-3-11(2)13(15)14(20)18-7-4-5-12(9-18)10-19-8-6-16-17-19/h6,8,11-13H,3-5,7,9-10,15H2,1-2H3. The van der Waals surface area contributed by atoms with Crippen LogP contribution in [0.5, 0.6) is 0 Å². The summed E-state index contributed by atoms with van der Waals surface area (Å²) < 4.78 is 1.84. The fourth-order valence-electron chi connectivity index (χ4n) is 2.72. The largest absolute Gasteiger partial charge is 0.341 e. The van der Waals surface area contributed by atoms with E-state index < -0.39 is 0 Å². The van der Waals surface area contributed by atoms with E-state index >= 15 is 0 Å². The summed E-state index contributed by atoms with van der Waals surface area (Å²) in [7, 11) is 0. The number of carbonyl (C=O) groups is 1. The van der Waals surface area contributed by atoms with Crippen LogP contribution in [0.25, 0.3) is 0 Å². The lowest BCUT2D eigenvalue weighted by atomic mass is 9.94. The number of hydrogen-bond acceptors (Lipinski definition) is 4. The van der Waals surface area contributed by atoms with Crippen molar-refractivity contribution in [2.24, 2.45) is 17.6 Å². The van der Waals surface area contributed by atoms with Crippen LogP contribution in [-0.4, -0.2) is 44.9 Å². The third-order valence-corrected chi connectivity index (χ3v) is 4.29. The zero-order chi connectivity index (χ0) is 14.5. The SMILES string of the molecule is CCC(C)C(N)C(=O)N1CCCC(Cn2ccnn2)C1. The number of hydrogen-bond donors (Lipinski definition) is 1. The molecule has 1 amide bonds. The van der Waals surface area contributed by atoms with Gasteiger partial charge in [-0.05, 0) is 24.7 Å². The van der Waals surface area contributed by atoms with E-state index in [4.69, 9.17) is 5.73 Å². The third kappa shape index (κ3) is 3.56. The Morgan fingerprint density at radius 1 is 1.55 bits per heavy atom. The van der Waals surface area contributed by atoms with E-state index in [1.54, 1.807) is 6.20 Å². The molecule has 0 radical (unpaired) electrons. The van der Waals surface area contributed by atoms with Crippen molar-refractivity contribution in [1.29, 1.82) is 0 Å². The van der Waals surface area contributed by atoms with E-state index in [9.17, 15) is 4.79 Å². The molecule has 2 heterocycles. The predicted octanol–water partition coefficient (Wildman–Crippen LogP) is 0.890. The maximum Gasteiger partial charge on any atom is 0.239 e. The van der Waals surface area contributed by atoms with E-state index in [-0.39, 0.29) is 17.9 Å². The molecule has 0 bridgehead atoms. The Hall–Kier alpha value is -1.43. The van der Waals surface area contributed by atoms with E-state index in [0.29, 0.717) is 5.92 Å². The molecule has 0 aliphatic carbocycles. The smallest absolute Gasteiger partial charge is 0.239 e. The molecule has 3 unspecified atom stereocenters. The van der Waals surface area contributed by atoms with Gasteiger partial charge in [0.05, 0.1) is 12.2 Å². The minimum atomic E-state index is -0.370. The highest BCUT2D eigenvalue weighted by atomic mass is 16.2. The summed E-state index contributed by atoms with van der Waals surface area (Å²) in [4.78, 5) is 14.3. The second-order valence-corrected chi connectivity index (χ2v) is 5.83. The lowest BCUT2D eigenvalue weighted by Crippen LogP contribution is -2.50. The summed E-state index contributed by atoms with van der Waals surface area (Å²) in [6.07, 6.45) is 6.65. The number of nitrogens with zero attached hydrogens (tertiary/aromatic N) is 4. The molecule has 6 heteroatoms. The van der Waals surface area contributed by atoms with Crippen molar-refractivity contribution in [1.82, 2.24) is 19.9 Å². The second kappa shape index (κ2) is 6.83. The number of rotatable bonds is 5. The molecule has 1 fully saturated rings. The summed E-state index contributed by atoms with van der Waals surface area (Å²) in [5.41, 5.74) is 6.06. The van der Waals surface area contributed by atoms with Crippen LogP contribution in [0, 0.1) is 11.8 Å². The molecule has 6 nitrogen and oxygen atoms in total. The van der Waals surface area contributed by atoms with Crippen molar-refractivity contribution in [2.75, 3.05) is 13.1 Å². The van der Waals surface area contributed by atoms with E-state index in [2.05, 4.69) is 17.2 Å². The van der Waals surface area contributed by atoms with E-state index in [1.165, 1.54) is 0 Å². The molecule has 3 atom stereocenters. The van der Waals surface area contributed by atoms with Gasteiger partial charge in [-0.3, -0.25) is 9.48 Å². The van der Waals surface area contributed by atoms with Crippen LogP contribution in [-0.2, 0) is 11.3 Å². The Kier molecular flexibility index (Phi) is 5.11. The van der Waals surface area contributed by atoms with Gasteiger partial charge < -0.3 is 10.6 Å². The highest BCUT2D eigenvalue weighted by Gasteiger charge is 2.29. The van der Waals surface area contributed by atoms with Gasteiger partial charge in [0.15, 0.2) is 0 Å². The van der Waals surface area contributed by atoms with Gasteiger partial charge >= 0.3 is 0 Å². The highest BCUT2D eigenvalue weighted by molar-refractivity contribution is 5.82. The lowest BCUT2D eigenvalue weighted by Gasteiger charge is -2.35. The van der Waals surface area contributed by atoms with Crippen LogP contribution in [0.3, 0.4) is 0 Å².